The maximum Gasteiger partial charge on any atom is 0.239 e. The minimum Gasteiger partial charge on any atom is -0.310 e. The molecule has 0 spiro atoms. The van der Waals surface area contributed by atoms with E-state index < -0.39 is 9.84 Å². The normalized spacial score (nSPS) is 12.8. The second kappa shape index (κ2) is 7.95. The lowest BCUT2D eigenvalue weighted by Crippen LogP contribution is -2.32. The molecule has 1 aromatic heterocycles. The van der Waals surface area contributed by atoms with E-state index in [2.05, 4.69) is 10.3 Å². The Hall–Kier alpha value is -1.96. The molecule has 0 aliphatic rings. The van der Waals surface area contributed by atoms with Gasteiger partial charge in [0.25, 0.3) is 0 Å². The Morgan fingerprint density at radius 3 is 2.40 bits per heavy atom. The Kier molecular flexibility index (Phi) is 6.16. The van der Waals surface area contributed by atoms with Gasteiger partial charge in [-0.3, -0.25) is 9.69 Å². The van der Waals surface area contributed by atoms with Gasteiger partial charge >= 0.3 is 0 Å². The standard InChI is InChI=1S/C17H20ClN3O3S/c1-12(13-4-7-15(8-5-13)25(3,23)24)21(2)11-17(22)20-16-9-6-14(18)10-19-16/h4-10,12H,11H2,1-3H3,(H,19,20,22). The van der Waals surface area contributed by atoms with Gasteiger partial charge in [-0.2, -0.15) is 0 Å². The highest BCUT2D eigenvalue weighted by Crippen LogP contribution is 2.20. The van der Waals surface area contributed by atoms with Crippen molar-refractivity contribution in [2.24, 2.45) is 0 Å². The van der Waals surface area contributed by atoms with Crippen molar-refractivity contribution in [3.8, 4) is 0 Å². The lowest BCUT2D eigenvalue weighted by Gasteiger charge is -2.24. The minimum absolute atomic E-state index is 0.0578. The molecule has 25 heavy (non-hydrogen) atoms. The second-order valence-corrected chi connectivity index (χ2v) is 8.29. The Bertz CT molecular complexity index is 836. The molecule has 134 valence electrons. The molecule has 1 heterocycles. The molecule has 0 radical (unpaired) electrons. The van der Waals surface area contributed by atoms with Crippen LogP contribution in [0.25, 0.3) is 0 Å². The molecule has 2 rings (SSSR count). The summed E-state index contributed by atoms with van der Waals surface area (Å²) in [6.45, 7) is 2.11. The number of aromatic nitrogens is 1. The Morgan fingerprint density at radius 2 is 1.88 bits per heavy atom. The molecule has 1 N–H and O–H groups in total. The Balaban J connectivity index is 1.98. The number of benzene rings is 1. The van der Waals surface area contributed by atoms with Crippen LogP contribution < -0.4 is 5.32 Å². The molecule has 1 aromatic carbocycles. The van der Waals surface area contributed by atoms with Crippen LogP contribution in [0.15, 0.2) is 47.5 Å². The summed E-state index contributed by atoms with van der Waals surface area (Å²) in [5, 5.41) is 3.21. The summed E-state index contributed by atoms with van der Waals surface area (Å²) in [5.74, 6) is 0.241. The summed E-state index contributed by atoms with van der Waals surface area (Å²) in [6.07, 6.45) is 2.64. The van der Waals surface area contributed by atoms with Crippen LogP contribution in [0.4, 0.5) is 5.82 Å². The van der Waals surface area contributed by atoms with Gasteiger partial charge in [-0.25, -0.2) is 13.4 Å². The molecular formula is C17H20ClN3O3S. The molecule has 0 bridgehead atoms. The van der Waals surface area contributed by atoms with Crippen LogP contribution in [0.1, 0.15) is 18.5 Å². The van der Waals surface area contributed by atoms with Crippen LogP contribution in [-0.4, -0.2) is 44.1 Å². The zero-order chi connectivity index (χ0) is 18.6. The summed E-state index contributed by atoms with van der Waals surface area (Å²) >= 11 is 5.76. The van der Waals surface area contributed by atoms with Gasteiger partial charge in [0, 0.05) is 18.5 Å². The van der Waals surface area contributed by atoms with Crippen LogP contribution in [0, 0.1) is 0 Å². The van der Waals surface area contributed by atoms with Crippen molar-refractivity contribution in [3.05, 3.63) is 53.2 Å². The fraction of sp³-hybridized carbons (Fsp3) is 0.294. The maximum atomic E-state index is 12.1. The van der Waals surface area contributed by atoms with E-state index in [0.29, 0.717) is 10.8 Å². The fourth-order valence-corrected chi connectivity index (χ4v) is 2.99. The van der Waals surface area contributed by atoms with Gasteiger partial charge in [-0.05, 0) is 43.8 Å². The summed E-state index contributed by atoms with van der Waals surface area (Å²) in [5.41, 5.74) is 0.923. The Labute approximate surface area is 152 Å². The third kappa shape index (κ3) is 5.52. The molecule has 6 nitrogen and oxygen atoms in total. The van der Waals surface area contributed by atoms with Gasteiger partial charge in [0.2, 0.25) is 5.91 Å². The number of rotatable bonds is 6. The summed E-state index contributed by atoms with van der Waals surface area (Å²) in [4.78, 5) is 18.3. The van der Waals surface area contributed by atoms with E-state index in [1.54, 1.807) is 36.4 Å². The van der Waals surface area contributed by atoms with Crippen LogP contribution in [0.2, 0.25) is 5.02 Å². The number of hydrogen-bond acceptors (Lipinski definition) is 5. The fourth-order valence-electron chi connectivity index (χ4n) is 2.24. The lowest BCUT2D eigenvalue weighted by atomic mass is 10.1. The van der Waals surface area contributed by atoms with Crippen LogP contribution in [0.3, 0.4) is 0 Å². The van der Waals surface area contributed by atoms with Crippen molar-refractivity contribution in [2.45, 2.75) is 17.9 Å². The van der Waals surface area contributed by atoms with Gasteiger partial charge in [-0.15, -0.1) is 0 Å². The number of nitrogens with zero attached hydrogens (tertiary/aromatic N) is 2. The molecule has 0 aliphatic heterocycles. The molecule has 1 amide bonds. The van der Waals surface area contributed by atoms with Gasteiger partial charge in [0.1, 0.15) is 5.82 Å². The molecule has 8 heteroatoms. The molecule has 1 atom stereocenters. The number of sulfone groups is 1. The SMILES string of the molecule is CC(c1ccc(S(C)(=O)=O)cc1)N(C)CC(=O)Nc1ccc(Cl)cn1. The summed E-state index contributed by atoms with van der Waals surface area (Å²) in [7, 11) is -1.39. The Morgan fingerprint density at radius 1 is 1.24 bits per heavy atom. The predicted octanol–water partition coefficient (Wildman–Crippen LogP) is 2.77. The quantitative estimate of drug-likeness (QED) is 0.832. The molecule has 0 saturated heterocycles. The van der Waals surface area contributed by atoms with E-state index >= 15 is 0 Å². The molecule has 2 aromatic rings. The smallest absolute Gasteiger partial charge is 0.239 e. The topological polar surface area (TPSA) is 79.4 Å². The van der Waals surface area contributed by atoms with Gasteiger partial charge in [-0.1, -0.05) is 23.7 Å². The average molecular weight is 382 g/mol. The monoisotopic (exact) mass is 381 g/mol. The first-order chi connectivity index (χ1) is 11.7. The van der Waals surface area contributed by atoms with Crippen LogP contribution >= 0.6 is 11.6 Å². The zero-order valence-electron chi connectivity index (χ0n) is 14.2. The lowest BCUT2D eigenvalue weighted by molar-refractivity contribution is -0.117. The minimum atomic E-state index is -3.22. The number of carbonyl (C=O) groups excluding carboxylic acids is 1. The molecule has 0 aliphatic carbocycles. The first kappa shape index (κ1) is 19.4. The van der Waals surface area contributed by atoms with E-state index in [4.69, 9.17) is 11.6 Å². The van der Waals surface area contributed by atoms with E-state index in [0.717, 1.165) is 5.56 Å². The number of halogens is 1. The third-order valence-electron chi connectivity index (χ3n) is 3.84. The highest BCUT2D eigenvalue weighted by molar-refractivity contribution is 7.90. The molecular weight excluding hydrogens is 362 g/mol. The number of anilines is 1. The number of carbonyl (C=O) groups is 1. The summed E-state index contributed by atoms with van der Waals surface area (Å²) < 4.78 is 23.0. The third-order valence-corrected chi connectivity index (χ3v) is 5.19. The second-order valence-electron chi connectivity index (χ2n) is 5.84. The zero-order valence-corrected chi connectivity index (χ0v) is 15.8. The van der Waals surface area contributed by atoms with Crippen molar-refractivity contribution in [1.29, 1.82) is 0 Å². The van der Waals surface area contributed by atoms with E-state index in [1.165, 1.54) is 12.5 Å². The van der Waals surface area contributed by atoms with Gasteiger partial charge in [0.05, 0.1) is 16.5 Å². The van der Waals surface area contributed by atoms with Crippen molar-refractivity contribution in [2.75, 3.05) is 25.2 Å². The van der Waals surface area contributed by atoms with Crippen molar-refractivity contribution >= 4 is 33.2 Å². The van der Waals surface area contributed by atoms with Crippen molar-refractivity contribution < 1.29 is 13.2 Å². The molecule has 1 unspecified atom stereocenters. The first-order valence-electron chi connectivity index (χ1n) is 7.58. The van der Waals surface area contributed by atoms with Crippen LogP contribution in [0.5, 0.6) is 0 Å². The highest BCUT2D eigenvalue weighted by Gasteiger charge is 2.16. The van der Waals surface area contributed by atoms with E-state index in [-0.39, 0.29) is 23.4 Å². The van der Waals surface area contributed by atoms with Gasteiger partial charge < -0.3 is 5.32 Å². The van der Waals surface area contributed by atoms with E-state index in [9.17, 15) is 13.2 Å². The van der Waals surface area contributed by atoms with Crippen molar-refractivity contribution in [1.82, 2.24) is 9.88 Å². The number of amides is 1. The van der Waals surface area contributed by atoms with Crippen LogP contribution in [-0.2, 0) is 14.6 Å². The predicted molar refractivity (Wildman–Crippen MR) is 98.5 cm³/mol. The number of pyridine rings is 1. The van der Waals surface area contributed by atoms with Gasteiger partial charge in [0.15, 0.2) is 9.84 Å². The highest BCUT2D eigenvalue weighted by atomic mass is 35.5. The summed E-state index contributed by atoms with van der Waals surface area (Å²) in [6, 6.07) is 9.90. The number of nitrogens with one attached hydrogen (secondary N) is 1. The maximum absolute atomic E-state index is 12.1. The number of likely N-dealkylation sites (N-methyl/N-ethyl adjacent to an activating group) is 1. The first-order valence-corrected chi connectivity index (χ1v) is 9.85. The average Bonchev–Trinajstić information content (AvgIpc) is 2.55. The number of hydrogen-bond donors (Lipinski definition) is 1. The van der Waals surface area contributed by atoms with E-state index in [1.807, 2.05) is 18.9 Å². The largest absolute Gasteiger partial charge is 0.310 e. The molecule has 0 fully saturated rings. The molecule has 0 saturated carbocycles. The van der Waals surface area contributed by atoms with Crippen molar-refractivity contribution in [3.63, 3.8) is 0 Å².